The van der Waals surface area contributed by atoms with Gasteiger partial charge in [0.05, 0.1) is 13.7 Å². The first kappa shape index (κ1) is 22.3. The normalized spacial score (nSPS) is 22.1. The van der Waals surface area contributed by atoms with Crippen molar-refractivity contribution in [3.8, 4) is 6.01 Å². The third-order valence-electron chi connectivity index (χ3n) is 7.38. The van der Waals surface area contributed by atoms with Gasteiger partial charge in [0.2, 0.25) is 0 Å². The molecular weight excluding hydrogens is 428 g/mol. The Morgan fingerprint density at radius 1 is 0.912 bits per heavy atom. The average molecular weight is 459 g/mol. The molecule has 0 N–H and O–H groups in total. The second-order valence-electron chi connectivity index (χ2n) is 9.23. The van der Waals surface area contributed by atoms with Crippen molar-refractivity contribution < 1.29 is 14.3 Å². The number of benzene rings is 2. The zero-order chi connectivity index (χ0) is 23.6. The Labute approximate surface area is 200 Å². The van der Waals surface area contributed by atoms with E-state index in [0.717, 1.165) is 49.2 Å². The van der Waals surface area contributed by atoms with Crippen LogP contribution in [0.1, 0.15) is 36.5 Å². The molecule has 2 fully saturated rings. The molecule has 7 nitrogen and oxygen atoms in total. The van der Waals surface area contributed by atoms with Crippen molar-refractivity contribution in [1.82, 2.24) is 19.8 Å². The van der Waals surface area contributed by atoms with Gasteiger partial charge in [0.1, 0.15) is 11.1 Å². The summed E-state index contributed by atoms with van der Waals surface area (Å²) in [6, 6.07) is 20.8. The van der Waals surface area contributed by atoms with E-state index in [1.165, 1.54) is 0 Å². The third kappa shape index (κ3) is 3.90. The highest BCUT2D eigenvalue weighted by molar-refractivity contribution is 5.73. The lowest BCUT2D eigenvalue weighted by Gasteiger charge is -2.48. The summed E-state index contributed by atoms with van der Waals surface area (Å²) in [7, 11) is 1.56. The van der Waals surface area contributed by atoms with Gasteiger partial charge in [-0.25, -0.2) is 14.8 Å². The van der Waals surface area contributed by atoms with E-state index in [0.29, 0.717) is 12.6 Å². The molecule has 3 aromatic rings. The summed E-state index contributed by atoms with van der Waals surface area (Å²) in [6.07, 6.45) is 4.88. The zero-order valence-corrected chi connectivity index (χ0v) is 19.7. The number of piperidine rings is 1. The molecule has 176 valence electrons. The van der Waals surface area contributed by atoms with Crippen LogP contribution in [0.4, 0.5) is 4.79 Å². The van der Waals surface area contributed by atoms with Gasteiger partial charge in [-0.1, -0.05) is 60.7 Å². The van der Waals surface area contributed by atoms with Crippen molar-refractivity contribution >= 4 is 6.09 Å². The lowest BCUT2D eigenvalue weighted by Crippen LogP contribution is -2.58. The Morgan fingerprint density at radius 2 is 1.53 bits per heavy atom. The maximum absolute atomic E-state index is 13.3. The van der Waals surface area contributed by atoms with Crippen LogP contribution in [0.2, 0.25) is 0 Å². The van der Waals surface area contributed by atoms with Crippen LogP contribution in [0.5, 0.6) is 6.01 Å². The predicted octanol–water partition coefficient (Wildman–Crippen LogP) is 4.39. The molecule has 5 rings (SSSR count). The van der Waals surface area contributed by atoms with Crippen molar-refractivity contribution in [2.45, 2.75) is 44.0 Å². The van der Waals surface area contributed by atoms with Crippen LogP contribution in [0.3, 0.4) is 0 Å². The minimum Gasteiger partial charge on any atom is -0.467 e. The summed E-state index contributed by atoms with van der Waals surface area (Å²) in [6.45, 7) is 5.08. The summed E-state index contributed by atoms with van der Waals surface area (Å²) in [5.74, 6) is 0. The van der Waals surface area contributed by atoms with Crippen LogP contribution < -0.4 is 4.74 Å². The topological polar surface area (TPSA) is 67.8 Å². The summed E-state index contributed by atoms with van der Waals surface area (Å²) < 4.78 is 11.4. The van der Waals surface area contributed by atoms with Crippen molar-refractivity contribution in [1.29, 1.82) is 0 Å². The van der Waals surface area contributed by atoms with Crippen molar-refractivity contribution in [2.24, 2.45) is 0 Å². The van der Waals surface area contributed by atoms with Gasteiger partial charge in [-0.05, 0) is 18.1 Å². The maximum atomic E-state index is 13.3. The molecule has 0 saturated carbocycles. The molecular formula is C27H30N4O3. The first-order valence-electron chi connectivity index (χ1n) is 11.7. The van der Waals surface area contributed by atoms with Crippen molar-refractivity contribution in [3.63, 3.8) is 0 Å². The summed E-state index contributed by atoms with van der Waals surface area (Å²) in [4.78, 5) is 26.1. The fourth-order valence-corrected chi connectivity index (χ4v) is 5.37. The van der Waals surface area contributed by atoms with Gasteiger partial charge in [-0.3, -0.25) is 9.80 Å². The van der Waals surface area contributed by atoms with Crippen LogP contribution in [-0.4, -0.2) is 51.7 Å². The Bertz CT molecular complexity index is 1120. The Balaban J connectivity index is 1.40. The van der Waals surface area contributed by atoms with Crippen LogP contribution in [0.25, 0.3) is 0 Å². The number of likely N-dealkylation sites (tertiary alicyclic amines) is 1. The van der Waals surface area contributed by atoms with Gasteiger partial charge in [0.15, 0.2) is 0 Å². The fraction of sp³-hybridized carbons (Fsp3) is 0.370. The summed E-state index contributed by atoms with van der Waals surface area (Å²) in [5.41, 5.74) is 2.07. The van der Waals surface area contributed by atoms with E-state index in [4.69, 9.17) is 9.47 Å². The highest BCUT2D eigenvalue weighted by atomic mass is 16.6. The minimum absolute atomic E-state index is 0.243. The van der Waals surface area contributed by atoms with Gasteiger partial charge in [-0.15, -0.1) is 0 Å². The average Bonchev–Trinajstić information content (AvgIpc) is 3.09. The van der Waals surface area contributed by atoms with E-state index in [-0.39, 0.29) is 6.09 Å². The summed E-state index contributed by atoms with van der Waals surface area (Å²) >= 11 is 0. The number of nitrogens with zero attached hydrogens (tertiary/aromatic N) is 4. The molecule has 34 heavy (non-hydrogen) atoms. The number of amides is 1. The Morgan fingerprint density at radius 3 is 2.15 bits per heavy atom. The number of rotatable bonds is 6. The Hall–Kier alpha value is -3.45. The molecule has 1 amide bonds. The smallest absolute Gasteiger partial charge is 0.411 e. The van der Waals surface area contributed by atoms with Crippen LogP contribution in [-0.2, 0) is 23.4 Å². The van der Waals surface area contributed by atoms with Gasteiger partial charge in [-0.2, -0.15) is 0 Å². The van der Waals surface area contributed by atoms with Crippen LogP contribution in [0, 0.1) is 0 Å². The quantitative estimate of drug-likeness (QED) is 0.546. The van der Waals surface area contributed by atoms with Crippen molar-refractivity contribution in [2.75, 3.05) is 20.2 Å². The van der Waals surface area contributed by atoms with Crippen LogP contribution in [0.15, 0.2) is 73.1 Å². The van der Waals surface area contributed by atoms with E-state index < -0.39 is 11.1 Å². The minimum atomic E-state index is -0.590. The van der Waals surface area contributed by atoms with Gasteiger partial charge >= 0.3 is 12.1 Å². The number of aromatic nitrogens is 2. The molecule has 0 aliphatic carbocycles. The lowest BCUT2D eigenvalue weighted by atomic mass is 9.70. The van der Waals surface area contributed by atoms with E-state index >= 15 is 0 Å². The highest BCUT2D eigenvalue weighted by Gasteiger charge is 2.63. The molecule has 3 heterocycles. The SMILES string of the molecule is COc1ncc(CN2CCC3(CC2)OC(=O)N(Cc2ccccc2)C3(C)c2ccccc2)cn1. The standard InChI is InChI=1S/C27H30N4O3/c1-26(23-11-7-4-8-12-23)27(34-25(32)31(26)20-21-9-5-3-6-10-21)13-15-30(16-14-27)19-22-17-28-24(33-2)29-18-22/h3-12,17-18H,13-16,19-20H2,1-2H3. The zero-order valence-electron chi connectivity index (χ0n) is 19.7. The molecule has 2 aromatic carbocycles. The molecule has 0 radical (unpaired) electrons. The molecule has 1 aromatic heterocycles. The first-order chi connectivity index (χ1) is 16.5. The number of hydrogen-bond acceptors (Lipinski definition) is 6. The number of ether oxygens (including phenoxy) is 2. The third-order valence-corrected chi connectivity index (χ3v) is 7.38. The van der Waals surface area contributed by atoms with E-state index in [2.05, 4.69) is 46.1 Å². The largest absolute Gasteiger partial charge is 0.467 e. The van der Waals surface area contributed by atoms with Crippen molar-refractivity contribution in [3.05, 3.63) is 89.7 Å². The van der Waals surface area contributed by atoms with Gasteiger partial charge in [0.25, 0.3) is 0 Å². The lowest BCUT2D eigenvalue weighted by molar-refractivity contribution is -0.0614. The number of carbonyl (C=O) groups is 1. The molecule has 7 heteroatoms. The second-order valence-corrected chi connectivity index (χ2v) is 9.23. The van der Waals surface area contributed by atoms with Gasteiger partial charge < -0.3 is 9.47 Å². The monoisotopic (exact) mass is 458 g/mol. The molecule has 2 saturated heterocycles. The molecule has 2 aliphatic rings. The van der Waals surface area contributed by atoms with Gasteiger partial charge in [0, 0.05) is 50.4 Å². The Kier molecular flexibility index (Phi) is 5.96. The van der Waals surface area contributed by atoms with Crippen LogP contribution >= 0.6 is 0 Å². The molecule has 1 atom stereocenters. The molecule has 1 spiro atoms. The highest BCUT2D eigenvalue weighted by Crippen LogP contribution is 2.52. The molecule has 0 bridgehead atoms. The van der Waals surface area contributed by atoms with E-state index in [9.17, 15) is 4.79 Å². The maximum Gasteiger partial charge on any atom is 0.411 e. The second kappa shape index (κ2) is 9.06. The number of methoxy groups -OCH3 is 1. The number of hydrogen-bond donors (Lipinski definition) is 0. The number of carbonyl (C=O) groups excluding carboxylic acids is 1. The molecule has 2 aliphatic heterocycles. The fourth-order valence-electron chi connectivity index (χ4n) is 5.37. The predicted molar refractivity (Wildman–Crippen MR) is 128 cm³/mol. The van der Waals surface area contributed by atoms with E-state index in [1.54, 1.807) is 7.11 Å². The molecule has 1 unspecified atom stereocenters. The first-order valence-corrected chi connectivity index (χ1v) is 11.7. The summed E-state index contributed by atoms with van der Waals surface area (Å²) in [5, 5.41) is 0. The van der Waals surface area contributed by atoms with E-state index in [1.807, 2.05) is 53.7 Å².